The van der Waals surface area contributed by atoms with E-state index in [1.54, 1.807) is 0 Å². The van der Waals surface area contributed by atoms with Crippen LogP contribution in [0.1, 0.15) is 43.9 Å². The van der Waals surface area contributed by atoms with Gasteiger partial charge in [0.15, 0.2) is 0 Å². The predicted molar refractivity (Wildman–Crippen MR) is 84.4 cm³/mol. The second-order valence-electron chi connectivity index (χ2n) is 7.04. The fourth-order valence-electron chi connectivity index (χ4n) is 3.66. The Labute approximate surface area is 131 Å². The van der Waals surface area contributed by atoms with Crippen molar-refractivity contribution in [3.8, 4) is 0 Å². The van der Waals surface area contributed by atoms with Gasteiger partial charge in [-0.3, -0.25) is 4.79 Å². The van der Waals surface area contributed by atoms with Crippen LogP contribution >= 0.6 is 0 Å². The highest BCUT2D eigenvalue weighted by Crippen LogP contribution is 2.36. The van der Waals surface area contributed by atoms with Crippen LogP contribution in [-0.2, 0) is 16.0 Å². The normalized spacial score (nSPS) is 25.8. The third-order valence-electron chi connectivity index (χ3n) is 5.34. The zero-order chi connectivity index (χ0) is 15.7. The fourth-order valence-corrected chi connectivity index (χ4v) is 3.66. The Morgan fingerprint density at radius 1 is 1.27 bits per heavy atom. The van der Waals surface area contributed by atoms with E-state index in [-0.39, 0.29) is 11.9 Å². The third kappa shape index (κ3) is 2.77. The summed E-state index contributed by atoms with van der Waals surface area (Å²) in [4.78, 5) is 12.8. The summed E-state index contributed by atoms with van der Waals surface area (Å²) in [5, 5.41) is 13.5. The van der Waals surface area contributed by atoms with Crippen molar-refractivity contribution < 1.29 is 14.6 Å². The van der Waals surface area contributed by atoms with E-state index in [0.717, 1.165) is 37.2 Å². The largest absolute Gasteiger partial charge is 0.386 e. The summed E-state index contributed by atoms with van der Waals surface area (Å²) in [5.74, 6) is 0.374. The van der Waals surface area contributed by atoms with Gasteiger partial charge in [0.05, 0.1) is 12.1 Å². The van der Waals surface area contributed by atoms with Gasteiger partial charge in [0.25, 0.3) is 0 Å². The molecule has 1 aliphatic heterocycles. The highest BCUT2D eigenvalue weighted by molar-refractivity contribution is 5.82. The van der Waals surface area contributed by atoms with Gasteiger partial charge in [0, 0.05) is 18.6 Å². The molecule has 1 aromatic rings. The number of rotatable bonds is 3. The molecule has 0 unspecified atom stereocenters. The second kappa shape index (κ2) is 6.01. The van der Waals surface area contributed by atoms with Crippen LogP contribution in [0.15, 0.2) is 24.3 Å². The fraction of sp³-hybridized carbons (Fsp3) is 0.611. The second-order valence-corrected chi connectivity index (χ2v) is 7.04. The number of hydrogen-bond donors (Lipinski definition) is 2. The summed E-state index contributed by atoms with van der Waals surface area (Å²) in [6.45, 7) is 5.48. The number of fused-ring (bicyclic) bond motifs is 1. The summed E-state index contributed by atoms with van der Waals surface area (Å²) >= 11 is 0. The summed E-state index contributed by atoms with van der Waals surface area (Å²) in [7, 11) is 0. The molecule has 2 N–H and O–H groups in total. The van der Waals surface area contributed by atoms with Crippen LogP contribution in [0, 0.1) is 11.3 Å². The molecule has 1 amide bonds. The number of ether oxygens (including phenoxy) is 1. The minimum absolute atomic E-state index is 0.0382. The van der Waals surface area contributed by atoms with E-state index in [1.807, 2.05) is 38.1 Å². The first-order valence-electron chi connectivity index (χ1n) is 8.14. The van der Waals surface area contributed by atoms with Crippen LogP contribution in [0.2, 0.25) is 0 Å². The lowest BCUT2D eigenvalue weighted by molar-refractivity contribution is -0.135. The van der Waals surface area contributed by atoms with Gasteiger partial charge in [-0.15, -0.1) is 0 Å². The van der Waals surface area contributed by atoms with Crippen molar-refractivity contribution in [3.63, 3.8) is 0 Å². The van der Waals surface area contributed by atoms with Gasteiger partial charge in [-0.05, 0) is 36.3 Å². The molecule has 1 aliphatic carbocycles. The number of aliphatic hydroxyl groups excluding tert-OH is 1. The lowest BCUT2D eigenvalue weighted by Gasteiger charge is -2.36. The smallest absolute Gasteiger partial charge is 0.226 e. The number of amides is 1. The Hall–Kier alpha value is -1.39. The highest BCUT2D eigenvalue weighted by atomic mass is 16.5. The van der Waals surface area contributed by atoms with Crippen LogP contribution in [0.4, 0.5) is 0 Å². The van der Waals surface area contributed by atoms with Gasteiger partial charge in [-0.2, -0.15) is 0 Å². The maximum absolute atomic E-state index is 12.8. The van der Waals surface area contributed by atoms with E-state index in [0.29, 0.717) is 12.3 Å². The predicted octanol–water partition coefficient (Wildman–Crippen LogP) is 2.21. The summed E-state index contributed by atoms with van der Waals surface area (Å²) in [5.41, 5.74) is 1.64. The lowest BCUT2D eigenvalue weighted by Crippen LogP contribution is -2.48. The van der Waals surface area contributed by atoms with Crippen molar-refractivity contribution in [1.82, 2.24) is 5.32 Å². The topological polar surface area (TPSA) is 58.6 Å². The molecule has 0 saturated carbocycles. The highest BCUT2D eigenvalue weighted by Gasteiger charge is 2.40. The van der Waals surface area contributed by atoms with E-state index < -0.39 is 11.5 Å². The molecule has 1 saturated heterocycles. The van der Waals surface area contributed by atoms with Crippen molar-refractivity contribution in [1.29, 1.82) is 0 Å². The first kappa shape index (κ1) is 15.5. The van der Waals surface area contributed by atoms with Crippen LogP contribution in [-0.4, -0.2) is 30.3 Å². The van der Waals surface area contributed by atoms with Crippen LogP contribution in [0.25, 0.3) is 0 Å². The average Bonchev–Trinajstić information content (AvgIpc) is 2.85. The van der Waals surface area contributed by atoms with E-state index in [1.165, 1.54) is 0 Å². The van der Waals surface area contributed by atoms with Crippen molar-refractivity contribution in [2.75, 3.05) is 13.2 Å². The SMILES string of the molecule is CC(C)(C(=O)N[C@H]1Cc2ccccc2[C@@H]1O)C1CCOCC1. The molecule has 2 aliphatic rings. The summed E-state index contributed by atoms with van der Waals surface area (Å²) in [6.07, 6.45) is 1.94. The number of hydrogen-bond acceptors (Lipinski definition) is 3. The number of carbonyl (C=O) groups excluding carboxylic acids is 1. The van der Waals surface area contributed by atoms with Crippen LogP contribution in [0.3, 0.4) is 0 Å². The Morgan fingerprint density at radius 3 is 2.64 bits per heavy atom. The number of nitrogens with one attached hydrogen (secondary N) is 1. The number of benzene rings is 1. The quantitative estimate of drug-likeness (QED) is 0.900. The van der Waals surface area contributed by atoms with Crippen LogP contribution < -0.4 is 5.32 Å². The van der Waals surface area contributed by atoms with Gasteiger partial charge in [0.1, 0.15) is 0 Å². The first-order chi connectivity index (χ1) is 10.5. The van der Waals surface area contributed by atoms with Crippen LogP contribution in [0.5, 0.6) is 0 Å². The molecule has 0 aromatic heterocycles. The monoisotopic (exact) mass is 303 g/mol. The molecule has 0 radical (unpaired) electrons. The van der Waals surface area contributed by atoms with Gasteiger partial charge in [-0.1, -0.05) is 38.1 Å². The third-order valence-corrected chi connectivity index (χ3v) is 5.34. The zero-order valence-electron chi connectivity index (χ0n) is 13.3. The molecule has 120 valence electrons. The molecular formula is C18H25NO3. The molecule has 4 heteroatoms. The van der Waals surface area contributed by atoms with E-state index >= 15 is 0 Å². The van der Waals surface area contributed by atoms with Gasteiger partial charge in [-0.25, -0.2) is 0 Å². The van der Waals surface area contributed by atoms with Crippen molar-refractivity contribution in [2.24, 2.45) is 11.3 Å². The van der Waals surface area contributed by atoms with Gasteiger partial charge >= 0.3 is 0 Å². The van der Waals surface area contributed by atoms with Crippen molar-refractivity contribution >= 4 is 5.91 Å². The number of carbonyl (C=O) groups is 1. The molecule has 1 heterocycles. The van der Waals surface area contributed by atoms with E-state index in [2.05, 4.69) is 5.32 Å². The van der Waals surface area contributed by atoms with Crippen molar-refractivity contribution in [3.05, 3.63) is 35.4 Å². The minimum Gasteiger partial charge on any atom is -0.386 e. The molecule has 1 aromatic carbocycles. The molecule has 3 rings (SSSR count). The molecule has 2 atom stereocenters. The standard InChI is InChI=1S/C18H25NO3/c1-18(2,13-7-9-22-10-8-13)17(21)19-15-11-12-5-3-4-6-14(12)16(15)20/h3-6,13,15-16,20H,7-11H2,1-2H3,(H,19,21)/t15-,16-/m0/s1. The van der Waals surface area contributed by atoms with Gasteiger partial charge in [0.2, 0.25) is 5.91 Å². The Bertz CT molecular complexity index is 549. The molecule has 4 nitrogen and oxygen atoms in total. The summed E-state index contributed by atoms with van der Waals surface area (Å²) in [6, 6.07) is 7.65. The average molecular weight is 303 g/mol. The maximum atomic E-state index is 12.8. The summed E-state index contributed by atoms with van der Waals surface area (Å²) < 4.78 is 5.40. The van der Waals surface area contributed by atoms with E-state index in [4.69, 9.17) is 4.74 Å². The maximum Gasteiger partial charge on any atom is 0.226 e. The molecule has 22 heavy (non-hydrogen) atoms. The van der Waals surface area contributed by atoms with E-state index in [9.17, 15) is 9.90 Å². The molecular weight excluding hydrogens is 278 g/mol. The molecule has 1 fully saturated rings. The molecule has 0 spiro atoms. The lowest BCUT2D eigenvalue weighted by atomic mass is 9.74. The zero-order valence-corrected chi connectivity index (χ0v) is 13.3. The first-order valence-corrected chi connectivity index (χ1v) is 8.14. The van der Waals surface area contributed by atoms with Gasteiger partial charge < -0.3 is 15.2 Å². The molecule has 0 bridgehead atoms. The Kier molecular flexibility index (Phi) is 4.24. The number of aliphatic hydroxyl groups is 1. The Balaban J connectivity index is 1.67. The minimum atomic E-state index is -0.606. The Morgan fingerprint density at radius 2 is 1.95 bits per heavy atom. The van der Waals surface area contributed by atoms with Crippen molar-refractivity contribution in [2.45, 2.75) is 45.3 Å².